The maximum Gasteiger partial charge on any atom is 0.0485 e. The molecule has 0 bridgehead atoms. The molecule has 0 fully saturated rings. The van der Waals surface area contributed by atoms with Crippen LogP contribution in [0.5, 0.6) is 0 Å². The van der Waals surface area contributed by atoms with E-state index in [4.69, 9.17) is 11.6 Å². The first-order valence-electron chi connectivity index (χ1n) is 5.33. The van der Waals surface area contributed by atoms with Crippen LogP contribution in [-0.4, -0.2) is 0 Å². The van der Waals surface area contributed by atoms with Crippen LogP contribution in [0.4, 0.5) is 5.69 Å². The molecule has 2 aromatic rings. The van der Waals surface area contributed by atoms with Gasteiger partial charge in [0.25, 0.3) is 0 Å². The first kappa shape index (κ1) is 11.0. The van der Waals surface area contributed by atoms with Crippen LogP contribution in [0.25, 0.3) is 0 Å². The summed E-state index contributed by atoms with van der Waals surface area (Å²) < 4.78 is 0. The molecule has 0 aromatic heterocycles. The maximum atomic E-state index is 5.84. The van der Waals surface area contributed by atoms with Gasteiger partial charge in [0, 0.05) is 16.8 Å². The zero-order chi connectivity index (χ0) is 11.4. The Labute approximate surface area is 101 Å². The summed E-state index contributed by atoms with van der Waals surface area (Å²) in [5, 5.41) is 4.19. The van der Waals surface area contributed by atoms with Crippen molar-refractivity contribution < 1.29 is 0 Å². The molecule has 0 saturated carbocycles. The van der Waals surface area contributed by atoms with Crippen LogP contribution in [-0.2, 0) is 0 Å². The molecule has 1 nitrogen and oxygen atoms in total. The predicted molar refractivity (Wildman–Crippen MR) is 69.9 cm³/mol. The number of halogens is 1. The molecule has 0 spiro atoms. The van der Waals surface area contributed by atoms with E-state index in [1.165, 1.54) is 5.56 Å². The van der Waals surface area contributed by atoms with E-state index in [-0.39, 0.29) is 0 Å². The van der Waals surface area contributed by atoms with Crippen LogP contribution >= 0.6 is 11.6 Å². The second-order valence-electron chi connectivity index (χ2n) is 3.78. The van der Waals surface area contributed by atoms with Crippen molar-refractivity contribution in [2.24, 2.45) is 0 Å². The smallest absolute Gasteiger partial charge is 0.0485 e. The van der Waals surface area contributed by atoms with E-state index in [0.29, 0.717) is 6.04 Å². The average Bonchev–Trinajstić information content (AvgIpc) is 2.33. The molecular weight excluding hydrogens is 218 g/mol. The van der Waals surface area contributed by atoms with Crippen LogP contribution in [0.15, 0.2) is 54.6 Å². The number of hydrogen-bond donors (Lipinski definition) is 1. The zero-order valence-electron chi connectivity index (χ0n) is 9.15. The SMILES string of the molecule is C[C@@H](Nc1ccc(Cl)cc1)c1ccccc1. The van der Waals surface area contributed by atoms with Gasteiger partial charge in [0.2, 0.25) is 0 Å². The van der Waals surface area contributed by atoms with E-state index >= 15 is 0 Å². The van der Waals surface area contributed by atoms with Crippen molar-refractivity contribution in [1.82, 2.24) is 0 Å². The van der Waals surface area contributed by atoms with Gasteiger partial charge in [-0.2, -0.15) is 0 Å². The van der Waals surface area contributed by atoms with Gasteiger partial charge in [0.05, 0.1) is 0 Å². The highest BCUT2D eigenvalue weighted by molar-refractivity contribution is 6.30. The second kappa shape index (κ2) is 5.04. The molecule has 0 saturated heterocycles. The highest BCUT2D eigenvalue weighted by Crippen LogP contribution is 2.20. The van der Waals surface area contributed by atoms with Crippen molar-refractivity contribution in [3.05, 3.63) is 65.2 Å². The topological polar surface area (TPSA) is 12.0 Å². The van der Waals surface area contributed by atoms with Crippen LogP contribution in [0.2, 0.25) is 5.02 Å². The fraction of sp³-hybridized carbons (Fsp3) is 0.143. The van der Waals surface area contributed by atoms with Gasteiger partial charge in [0.15, 0.2) is 0 Å². The monoisotopic (exact) mass is 231 g/mol. The van der Waals surface area contributed by atoms with Crippen LogP contribution in [0.3, 0.4) is 0 Å². The Morgan fingerprint density at radius 2 is 1.56 bits per heavy atom. The highest BCUT2D eigenvalue weighted by atomic mass is 35.5. The fourth-order valence-electron chi connectivity index (χ4n) is 1.62. The van der Waals surface area contributed by atoms with Crippen molar-refractivity contribution in [2.75, 3.05) is 5.32 Å². The number of anilines is 1. The van der Waals surface area contributed by atoms with Crippen molar-refractivity contribution in [3.63, 3.8) is 0 Å². The molecule has 0 aliphatic rings. The van der Waals surface area contributed by atoms with Crippen LogP contribution in [0.1, 0.15) is 18.5 Å². The van der Waals surface area contributed by atoms with Gasteiger partial charge < -0.3 is 5.32 Å². The zero-order valence-corrected chi connectivity index (χ0v) is 9.91. The third kappa shape index (κ3) is 2.77. The van der Waals surface area contributed by atoms with Gasteiger partial charge in [-0.3, -0.25) is 0 Å². The Kier molecular flexibility index (Phi) is 3.47. The van der Waals surface area contributed by atoms with E-state index in [9.17, 15) is 0 Å². The molecular formula is C14H14ClN. The third-order valence-corrected chi connectivity index (χ3v) is 2.78. The molecule has 2 rings (SSSR count). The summed E-state index contributed by atoms with van der Waals surface area (Å²) in [6.45, 7) is 2.14. The average molecular weight is 232 g/mol. The van der Waals surface area contributed by atoms with Gasteiger partial charge >= 0.3 is 0 Å². The Morgan fingerprint density at radius 1 is 0.938 bits per heavy atom. The summed E-state index contributed by atoms with van der Waals surface area (Å²) in [5.74, 6) is 0. The lowest BCUT2D eigenvalue weighted by Gasteiger charge is -2.15. The molecule has 2 aromatic carbocycles. The number of rotatable bonds is 3. The largest absolute Gasteiger partial charge is 0.379 e. The first-order valence-corrected chi connectivity index (χ1v) is 5.70. The first-order chi connectivity index (χ1) is 7.75. The lowest BCUT2D eigenvalue weighted by atomic mass is 10.1. The standard InChI is InChI=1S/C14H14ClN/c1-11(12-5-3-2-4-6-12)16-14-9-7-13(15)8-10-14/h2-11,16H,1H3/t11-/m1/s1. The molecule has 82 valence electrons. The van der Waals surface area contributed by atoms with Gasteiger partial charge in [-0.1, -0.05) is 41.9 Å². The quantitative estimate of drug-likeness (QED) is 0.820. The maximum absolute atomic E-state index is 5.84. The van der Waals surface area contributed by atoms with E-state index in [1.807, 2.05) is 30.3 Å². The van der Waals surface area contributed by atoms with Gasteiger partial charge in [0.1, 0.15) is 0 Å². The normalized spacial score (nSPS) is 12.1. The number of hydrogen-bond acceptors (Lipinski definition) is 1. The Morgan fingerprint density at radius 3 is 2.19 bits per heavy atom. The summed E-state index contributed by atoms with van der Waals surface area (Å²) in [4.78, 5) is 0. The molecule has 16 heavy (non-hydrogen) atoms. The minimum Gasteiger partial charge on any atom is -0.379 e. The summed E-state index contributed by atoms with van der Waals surface area (Å²) in [6.07, 6.45) is 0. The molecule has 1 atom stereocenters. The predicted octanol–water partition coefficient (Wildman–Crippen LogP) is 4.51. The van der Waals surface area contributed by atoms with Crippen LogP contribution in [0, 0.1) is 0 Å². The Balaban J connectivity index is 2.08. The molecule has 1 N–H and O–H groups in total. The summed E-state index contributed by atoms with van der Waals surface area (Å²) in [6, 6.07) is 18.4. The Bertz CT molecular complexity index is 436. The summed E-state index contributed by atoms with van der Waals surface area (Å²) in [5.41, 5.74) is 2.36. The van der Waals surface area contributed by atoms with Crippen molar-refractivity contribution in [3.8, 4) is 0 Å². The molecule has 0 heterocycles. The third-order valence-electron chi connectivity index (χ3n) is 2.53. The summed E-state index contributed by atoms with van der Waals surface area (Å²) >= 11 is 5.84. The van der Waals surface area contributed by atoms with E-state index in [2.05, 4.69) is 36.5 Å². The Hall–Kier alpha value is -1.47. The molecule has 2 heteroatoms. The fourth-order valence-corrected chi connectivity index (χ4v) is 1.75. The van der Waals surface area contributed by atoms with Crippen LogP contribution < -0.4 is 5.32 Å². The number of benzene rings is 2. The van der Waals surface area contributed by atoms with E-state index in [0.717, 1.165) is 10.7 Å². The number of nitrogens with one attached hydrogen (secondary N) is 1. The van der Waals surface area contributed by atoms with E-state index < -0.39 is 0 Å². The summed E-state index contributed by atoms with van der Waals surface area (Å²) in [7, 11) is 0. The molecule has 0 radical (unpaired) electrons. The van der Waals surface area contributed by atoms with Crippen molar-refractivity contribution >= 4 is 17.3 Å². The van der Waals surface area contributed by atoms with Crippen molar-refractivity contribution in [2.45, 2.75) is 13.0 Å². The molecule has 0 aliphatic heterocycles. The van der Waals surface area contributed by atoms with Gasteiger partial charge in [-0.05, 0) is 36.8 Å². The molecule has 0 amide bonds. The van der Waals surface area contributed by atoms with Gasteiger partial charge in [-0.15, -0.1) is 0 Å². The van der Waals surface area contributed by atoms with Crippen molar-refractivity contribution in [1.29, 1.82) is 0 Å². The lowest BCUT2D eigenvalue weighted by molar-refractivity contribution is 0.885. The van der Waals surface area contributed by atoms with E-state index in [1.54, 1.807) is 0 Å². The molecule has 0 unspecified atom stereocenters. The second-order valence-corrected chi connectivity index (χ2v) is 4.22. The lowest BCUT2D eigenvalue weighted by Crippen LogP contribution is -2.05. The van der Waals surface area contributed by atoms with Gasteiger partial charge in [-0.25, -0.2) is 0 Å². The highest BCUT2D eigenvalue weighted by Gasteiger charge is 2.03. The minimum absolute atomic E-state index is 0.294. The minimum atomic E-state index is 0.294. The molecule has 0 aliphatic carbocycles.